The number of alkyl halides is 4. The smallest absolute Gasteiger partial charge is 0.368 e. The summed E-state index contributed by atoms with van der Waals surface area (Å²) in [4.78, 5) is 1.95. The highest BCUT2D eigenvalue weighted by Crippen LogP contribution is 2.41. The van der Waals surface area contributed by atoms with Gasteiger partial charge in [-0.1, -0.05) is 35.3 Å². The van der Waals surface area contributed by atoms with Crippen LogP contribution >= 0.6 is 15.9 Å². The van der Waals surface area contributed by atoms with Gasteiger partial charge in [-0.2, -0.15) is 13.2 Å². The first-order valence-corrected chi connectivity index (χ1v) is 8.12. The molecule has 20 heavy (non-hydrogen) atoms. The maximum atomic E-state index is 13.3. The standard InChI is InChI=1S/C15H19BrF3N/c1-2-3-8-20(12-5-6-12)14-7-4-11(10-16)9-13(14)15(17,18)19/h4,7,9,12H,2-3,5-6,8,10H2,1H3. The van der Waals surface area contributed by atoms with Crippen molar-refractivity contribution in [3.8, 4) is 0 Å². The van der Waals surface area contributed by atoms with E-state index in [1.54, 1.807) is 12.1 Å². The van der Waals surface area contributed by atoms with Crippen molar-refractivity contribution < 1.29 is 13.2 Å². The van der Waals surface area contributed by atoms with Crippen LogP contribution in [0.5, 0.6) is 0 Å². The van der Waals surface area contributed by atoms with E-state index in [9.17, 15) is 13.2 Å². The second-order valence-electron chi connectivity index (χ2n) is 5.26. The Morgan fingerprint density at radius 1 is 1.30 bits per heavy atom. The SMILES string of the molecule is CCCCN(c1ccc(CBr)cc1C(F)(F)F)C1CC1. The summed E-state index contributed by atoms with van der Waals surface area (Å²) >= 11 is 3.22. The number of rotatable bonds is 6. The molecule has 0 amide bonds. The van der Waals surface area contributed by atoms with Crippen molar-refractivity contribution in [3.63, 3.8) is 0 Å². The minimum atomic E-state index is -4.30. The molecular weight excluding hydrogens is 331 g/mol. The zero-order valence-corrected chi connectivity index (χ0v) is 13.1. The average Bonchev–Trinajstić information content (AvgIpc) is 3.23. The number of unbranched alkanes of at least 4 members (excludes halogenated alkanes) is 1. The van der Waals surface area contributed by atoms with Gasteiger partial charge in [-0.05, 0) is 37.0 Å². The van der Waals surface area contributed by atoms with Crippen LogP contribution in [0.2, 0.25) is 0 Å². The van der Waals surface area contributed by atoms with Gasteiger partial charge in [-0.15, -0.1) is 0 Å². The molecule has 0 saturated heterocycles. The summed E-state index contributed by atoms with van der Waals surface area (Å²) in [6.45, 7) is 2.77. The van der Waals surface area contributed by atoms with Crippen LogP contribution in [-0.2, 0) is 11.5 Å². The molecule has 0 aromatic heterocycles. The molecule has 1 aromatic carbocycles. The van der Waals surface area contributed by atoms with Gasteiger partial charge in [-0.25, -0.2) is 0 Å². The van der Waals surface area contributed by atoms with E-state index in [1.165, 1.54) is 6.07 Å². The third-order valence-corrected chi connectivity index (χ3v) is 4.22. The number of hydrogen-bond donors (Lipinski definition) is 0. The Hall–Kier alpha value is -0.710. The lowest BCUT2D eigenvalue weighted by Gasteiger charge is -2.28. The fourth-order valence-corrected chi connectivity index (χ4v) is 2.71. The van der Waals surface area contributed by atoms with Crippen molar-refractivity contribution in [1.82, 2.24) is 0 Å². The number of anilines is 1. The van der Waals surface area contributed by atoms with E-state index in [2.05, 4.69) is 22.9 Å². The molecule has 1 fully saturated rings. The minimum absolute atomic E-state index is 0.289. The van der Waals surface area contributed by atoms with Crippen molar-refractivity contribution >= 4 is 21.6 Å². The maximum Gasteiger partial charge on any atom is 0.418 e. The van der Waals surface area contributed by atoms with Gasteiger partial charge in [0.15, 0.2) is 0 Å². The highest BCUT2D eigenvalue weighted by Gasteiger charge is 2.38. The number of nitrogens with zero attached hydrogens (tertiary/aromatic N) is 1. The van der Waals surface area contributed by atoms with Crippen LogP contribution in [0.4, 0.5) is 18.9 Å². The quantitative estimate of drug-likeness (QED) is 0.624. The third-order valence-electron chi connectivity index (χ3n) is 3.57. The van der Waals surface area contributed by atoms with Gasteiger partial charge in [-0.3, -0.25) is 0 Å². The van der Waals surface area contributed by atoms with E-state index in [4.69, 9.17) is 0 Å². The van der Waals surface area contributed by atoms with E-state index in [-0.39, 0.29) is 6.04 Å². The summed E-state index contributed by atoms with van der Waals surface area (Å²) < 4.78 is 39.9. The van der Waals surface area contributed by atoms with Crippen LogP contribution in [0.1, 0.15) is 43.7 Å². The van der Waals surface area contributed by atoms with E-state index in [0.29, 0.717) is 23.1 Å². The summed E-state index contributed by atoms with van der Waals surface area (Å²) in [6, 6.07) is 4.97. The van der Waals surface area contributed by atoms with Gasteiger partial charge >= 0.3 is 6.18 Å². The second-order valence-corrected chi connectivity index (χ2v) is 5.82. The largest absolute Gasteiger partial charge is 0.418 e. The van der Waals surface area contributed by atoms with Gasteiger partial charge in [0.05, 0.1) is 5.56 Å². The Morgan fingerprint density at radius 3 is 2.50 bits per heavy atom. The zero-order valence-electron chi connectivity index (χ0n) is 11.5. The van der Waals surface area contributed by atoms with Gasteiger partial charge < -0.3 is 4.90 Å². The molecule has 112 valence electrons. The van der Waals surface area contributed by atoms with E-state index >= 15 is 0 Å². The van der Waals surface area contributed by atoms with Gasteiger partial charge in [0.1, 0.15) is 0 Å². The highest BCUT2D eigenvalue weighted by molar-refractivity contribution is 9.08. The molecule has 1 saturated carbocycles. The fourth-order valence-electron chi connectivity index (χ4n) is 2.36. The second kappa shape index (κ2) is 6.37. The average molecular weight is 350 g/mol. The van der Waals surface area contributed by atoms with Gasteiger partial charge in [0.25, 0.3) is 0 Å². The normalized spacial score (nSPS) is 15.4. The summed E-state index contributed by atoms with van der Waals surface area (Å²) in [5, 5.41) is 0.439. The molecule has 0 heterocycles. The Labute approximate surface area is 126 Å². The van der Waals surface area contributed by atoms with Crippen LogP contribution in [0.3, 0.4) is 0 Å². The predicted octanol–water partition coefficient (Wildman–Crippen LogP) is 5.37. The predicted molar refractivity (Wildman–Crippen MR) is 79.4 cm³/mol. The molecular formula is C15H19BrF3N. The molecule has 1 aliphatic rings. The lowest BCUT2D eigenvalue weighted by atomic mass is 10.1. The van der Waals surface area contributed by atoms with Crippen molar-refractivity contribution in [1.29, 1.82) is 0 Å². The molecule has 0 unspecified atom stereocenters. The first-order valence-electron chi connectivity index (χ1n) is 7.00. The molecule has 0 bridgehead atoms. The monoisotopic (exact) mass is 349 g/mol. The lowest BCUT2D eigenvalue weighted by molar-refractivity contribution is -0.137. The molecule has 5 heteroatoms. The first kappa shape index (κ1) is 15.7. The summed E-state index contributed by atoms with van der Waals surface area (Å²) in [5.41, 5.74) is 0.503. The van der Waals surface area contributed by atoms with Crippen molar-refractivity contribution in [3.05, 3.63) is 29.3 Å². The molecule has 0 radical (unpaired) electrons. The number of halogens is 4. The first-order chi connectivity index (χ1) is 9.47. The fraction of sp³-hybridized carbons (Fsp3) is 0.600. The Kier molecular flexibility index (Phi) is 4.99. The minimum Gasteiger partial charge on any atom is -0.368 e. The molecule has 0 aliphatic heterocycles. The molecule has 0 atom stereocenters. The van der Waals surface area contributed by atoms with Crippen molar-refractivity contribution in [2.45, 2.75) is 50.2 Å². The Bertz CT molecular complexity index is 455. The van der Waals surface area contributed by atoms with Gasteiger partial charge in [0, 0.05) is 23.6 Å². The topological polar surface area (TPSA) is 3.24 Å². The van der Waals surface area contributed by atoms with Crippen LogP contribution in [0, 0.1) is 0 Å². The Morgan fingerprint density at radius 2 is 2.00 bits per heavy atom. The zero-order chi connectivity index (χ0) is 14.8. The molecule has 1 aromatic rings. The number of benzene rings is 1. The highest BCUT2D eigenvalue weighted by atomic mass is 79.9. The maximum absolute atomic E-state index is 13.3. The van der Waals surface area contributed by atoms with Crippen LogP contribution < -0.4 is 4.90 Å². The molecule has 1 nitrogen and oxygen atoms in total. The van der Waals surface area contributed by atoms with Crippen molar-refractivity contribution in [2.24, 2.45) is 0 Å². The van der Waals surface area contributed by atoms with Crippen LogP contribution in [-0.4, -0.2) is 12.6 Å². The van der Waals surface area contributed by atoms with Crippen molar-refractivity contribution in [2.75, 3.05) is 11.4 Å². The van der Waals surface area contributed by atoms with E-state index < -0.39 is 11.7 Å². The van der Waals surface area contributed by atoms with E-state index in [0.717, 1.165) is 25.7 Å². The lowest BCUT2D eigenvalue weighted by Crippen LogP contribution is -2.29. The molecule has 0 spiro atoms. The summed E-state index contributed by atoms with van der Waals surface area (Å²) in [5.74, 6) is 0. The number of hydrogen-bond acceptors (Lipinski definition) is 1. The van der Waals surface area contributed by atoms with Crippen LogP contribution in [0.15, 0.2) is 18.2 Å². The third kappa shape index (κ3) is 3.68. The van der Waals surface area contributed by atoms with Crippen LogP contribution in [0.25, 0.3) is 0 Å². The Balaban J connectivity index is 2.37. The van der Waals surface area contributed by atoms with Gasteiger partial charge in [0.2, 0.25) is 0 Å². The molecule has 1 aliphatic carbocycles. The molecule has 2 rings (SSSR count). The molecule has 0 N–H and O–H groups in total. The summed E-state index contributed by atoms with van der Waals surface area (Å²) in [6.07, 6.45) is -0.382. The van der Waals surface area contributed by atoms with E-state index in [1.807, 2.05) is 4.90 Å². The summed E-state index contributed by atoms with van der Waals surface area (Å²) in [7, 11) is 0.